The van der Waals surface area contributed by atoms with Crippen LogP contribution in [-0.4, -0.2) is 159 Å². The smallest absolute Gasteiger partial charge is 0.314 e. The number of aliphatic hydroxyl groups is 7. The number of carbonyl (C=O) groups excluding carboxylic acids is 1. The van der Waals surface area contributed by atoms with Gasteiger partial charge in [0.05, 0.1) is 31.3 Å². The van der Waals surface area contributed by atoms with Gasteiger partial charge in [0.25, 0.3) is 0 Å². The second kappa shape index (κ2) is 19.5. The van der Waals surface area contributed by atoms with Gasteiger partial charge >= 0.3 is 5.97 Å². The van der Waals surface area contributed by atoms with Crippen molar-refractivity contribution in [3.05, 3.63) is 23.3 Å². The van der Waals surface area contributed by atoms with E-state index < -0.39 is 121 Å². The molecule has 67 heavy (non-hydrogen) atoms. The number of carboxylic acid groups (broad SMARTS) is 1. The number of aliphatic hydroxyl groups excluding tert-OH is 7. The van der Waals surface area contributed by atoms with Crippen LogP contribution in [0.2, 0.25) is 0 Å². The van der Waals surface area contributed by atoms with Crippen LogP contribution in [0.1, 0.15) is 127 Å². The summed E-state index contributed by atoms with van der Waals surface area (Å²) in [5, 5.41) is 89.0. The molecule has 7 rings (SSSR count). The SMILES string of the molecule is C=C(CC[C@@H](C)[C@H]1CC[C@@]2(C(=O)O)C3=C(CC[C@]12C)[C@@]1(C)CC[C@H](O[C@@H]2OC[C@H](O)[C@H](O[C@@H]4OC[C@H](O)[C@H](O)[C@H]4O)[C@H]2O[C@@H]2O[C@H](CO)[C@@H](O)[C@H](O)[C@H]2NC(C)=O)C(C)(C)C1CC3)C(C)(C)C. The fraction of sp³-hybridized carbons (Fsp3) is 0.880. The van der Waals surface area contributed by atoms with E-state index in [2.05, 4.69) is 67.3 Å². The number of rotatable bonds is 13. The molecule has 17 heteroatoms. The first-order chi connectivity index (χ1) is 31.2. The van der Waals surface area contributed by atoms with Crippen molar-refractivity contribution in [2.45, 2.75) is 212 Å². The lowest BCUT2D eigenvalue weighted by molar-refractivity contribution is -0.376. The van der Waals surface area contributed by atoms with E-state index in [4.69, 9.17) is 28.4 Å². The average molecular weight is 952 g/mol. The van der Waals surface area contributed by atoms with Crippen LogP contribution in [0.3, 0.4) is 0 Å². The van der Waals surface area contributed by atoms with E-state index in [0.29, 0.717) is 31.6 Å². The van der Waals surface area contributed by atoms with E-state index >= 15 is 0 Å². The Morgan fingerprint density at radius 1 is 0.806 bits per heavy atom. The Kier molecular flexibility index (Phi) is 15.3. The second-order valence-corrected chi connectivity index (χ2v) is 23.2. The first-order valence-corrected chi connectivity index (χ1v) is 24.7. The minimum absolute atomic E-state index is 0.0212. The molecule has 7 aliphatic rings. The summed E-state index contributed by atoms with van der Waals surface area (Å²) in [5.41, 5.74) is 1.47. The minimum atomic E-state index is -1.73. The van der Waals surface area contributed by atoms with Crippen molar-refractivity contribution >= 4 is 11.9 Å². The van der Waals surface area contributed by atoms with Gasteiger partial charge in [-0.2, -0.15) is 0 Å². The lowest BCUT2D eigenvalue weighted by Gasteiger charge is -2.62. The molecule has 17 nitrogen and oxygen atoms in total. The monoisotopic (exact) mass is 952 g/mol. The lowest BCUT2D eigenvalue weighted by atomic mass is 9.43. The first kappa shape index (κ1) is 52.7. The maximum Gasteiger partial charge on any atom is 0.314 e. The van der Waals surface area contributed by atoms with Crippen molar-refractivity contribution in [1.82, 2.24) is 5.32 Å². The van der Waals surface area contributed by atoms with E-state index in [0.717, 1.165) is 44.1 Å². The highest BCUT2D eigenvalue weighted by Gasteiger charge is 2.69. The van der Waals surface area contributed by atoms with Gasteiger partial charge in [-0.25, -0.2) is 0 Å². The summed E-state index contributed by atoms with van der Waals surface area (Å²) < 4.78 is 37.4. The summed E-state index contributed by atoms with van der Waals surface area (Å²) in [7, 11) is 0. The summed E-state index contributed by atoms with van der Waals surface area (Å²) in [6.45, 7) is 21.9. The van der Waals surface area contributed by atoms with Gasteiger partial charge in [0.2, 0.25) is 5.91 Å². The molecule has 3 saturated heterocycles. The molecule has 1 unspecified atom stereocenters. The van der Waals surface area contributed by atoms with Gasteiger partial charge in [-0.15, -0.1) is 0 Å². The third-order valence-corrected chi connectivity index (χ3v) is 18.2. The second-order valence-electron chi connectivity index (χ2n) is 23.2. The Hall–Kier alpha value is -2.10. The Balaban J connectivity index is 1.17. The normalized spacial score (nSPS) is 45.9. The van der Waals surface area contributed by atoms with Gasteiger partial charge in [0, 0.05) is 6.92 Å². The fourth-order valence-corrected chi connectivity index (χ4v) is 14.1. The molecule has 2 saturated carbocycles. The number of nitrogens with one attached hydrogen (secondary N) is 1. The number of carbonyl (C=O) groups is 2. The van der Waals surface area contributed by atoms with E-state index in [-0.39, 0.29) is 35.9 Å². The van der Waals surface area contributed by atoms with Crippen molar-refractivity contribution in [2.75, 3.05) is 19.8 Å². The average Bonchev–Trinajstić information content (AvgIpc) is 3.59. The largest absolute Gasteiger partial charge is 0.481 e. The van der Waals surface area contributed by atoms with Crippen LogP contribution in [0.25, 0.3) is 0 Å². The van der Waals surface area contributed by atoms with Crippen molar-refractivity contribution < 1.29 is 78.9 Å². The zero-order chi connectivity index (χ0) is 49.3. The Morgan fingerprint density at radius 3 is 2.10 bits per heavy atom. The van der Waals surface area contributed by atoms with Crippen LogP contribution in [0, 0.1) is 44.8 Å². The quantitative estimate of drug-likeness (QED) is 0.120. The summed E-state index contributed by atoms with van der Waals surface area (Å²) in [5.74, 6) is -0.605. The van der Waals surface area contributed by atoms with E-state index in [1.54, 1.807) is 0 Å². The Labute approximate surface area is 395 Å². The van der Waals surface area contributed by atoms with Gasteiger partial charge in [-0.1, -0.05) is 78.7 Å². The molecule has 0 bridgehead atoms. The molecular formula is C50H81NO16. The molecule has 1 amide bonds. The van der Waals surface area contributed by atoms with Gasteiger partial charge < -0.3 is 74.6 Å². The zero-order valence-corrected chi connectivity index (χ0v) is 41.1. The third-order valence-electron chi connectivity index (χ3n) is 18.2. The number of amides is 1. The molecule has 0 aromatic carbocycles. The van der Waals surface area contributed by atoms with Crippen molar-refractivity contribution in [1.29, 1.82) is 0 Å². The fourth-order valence-electron chi connectivity index (χ4n) is 14.1. The van der Waals surface area contributed by atoms with Crippen LogP contribution in [0.15, 0.2) is 23.3 Å². The standard InChI is InChI=1S/C50H81NO16/c1-24(11-12-25(2)46(4,5)6)27-16-20-50(45(60)61)29-13-14-33-47(7,8)34(17-18-48(33,9)28(29)15-19-49(27,50)10)65-44-41(67-42-35(51-26(3)53)38(58)37(57)32(21-52)64-42)40(31(55)23-63-44)66-43-39(59)36(56)30(54)22-62-43/h24,27,30-44,52,54-59H,2,11-23H2,1,3-10H3,(H,51,53)(H,60,61)/t24-,27-,30+,31+,32-,33?,34+,35-,36+,37-,38-,39-,40+,41-,42+,43+,44+,48-,49-,50+/m1/s1. The Morgan fingerprint density at radius 2 is 1.46 bits per heavy atom. The molecule has 20 atom stereocenters. The number of aliphatic carboxylic acids is 1. The molecule has 9 N–H and O–H groups in total. The predicted octanol–water partition coefficient (Wildman–Crippen LogP) is 3.07. The van der Waals surface area contributed by atoms with Gasteiger partial charge in [-0.3, -0.25) is 9.59 Å². The third kappa shape index (κ3) is 9.23. The minimum Gasteiger partial charge on any atom is -0.481 e. The van der Waals surface area contributed by atoms with Gasteiger partial charge in [-0.05, 0) is 104 Å². The van der Waals surface area contributed by atoms with Crippen LogP contribution in [0.4, 0.5) is 0 Å². The molecule has 5 fully saturated rings. The molecule has 0 aromatic heterocycles. The van der Waals surface area contributed by atoms with E-state index in [1.807, 2.05) is 0 Å². The van der Waals surface area contributed by atoms with Gasteiger partial charge in [0.15, 0.2) is 18.9 Å². The predicted molar refractivity (Wildman–Crippen MR) is 241 cm³/mol. The number of hydrogen-bond acceptors (Lipinski definition) is 15. The zero-order valence-electron chi connectivity index (χ0n) is 41.1. The molecule has 0 radical (unpaired) electrons. The maximum absolute atomic E-state index is 14.0. The number of allylic oxidation sites excluding steroid dienone is 2. The Bertz CT molecular complexity index is 1850. The highest BCUT2D eigenvalue weighted by molar-refractivity contribution is 5.82. The van der Waals surface area contributed by atoms with E-state index in [1.165, 1.54) is 18.1 Å². The molecule has 3 heterocycles. The first-order valence-electron chi connectivity index (χ1n) is 24.7. The summed E-state index contributed by atoms with van der Waals surface area (Å²) >= 11 is 0. The van der Waals surface area contributed by atoms with Crippen LogP contribution in [-0.2, 0) is 38.0 Å². The number of hydrogen-bond donors (Lipinski definition) is 9. The van der Waals surface area contributed by atoms with Crippen molar-refractivity contribution in [2.24, 2.45) is 44.8 Å². The van der Waals surface area contributed by atoms with Crippen LogP contribution < -0.4 is 5.32 Å². The summed E-state index contributed by atoms with van der Waals surface area (Å²) in [6.07, 6.45) is -10.9. The highest BCUT2D eigenvalue weighted by Crippen LogP contribution is 2.73. The molecular weight excluding hydrogens is 871 g/mol. The van der Waals surface area contributed by atoms with Crippen molar-refractivity contribution in [3.63, 3.8) is 0 Å². The topological polar surface area (TPSA) is 263 Å². The molecule has 382 valence electrons. The molecule has 0 aromatic rings. The lowest BCUT2D eigenvalue weighted by Crippen LogP contribution is -2.68. The molecule has 3 aliphatic heterocycles. The summed E-state index contributed by atoms with van der Waals surface area (Å²) in [6, 6.07) is -1.38. The van der Waals surface area contributed by atoms with E-state index in [9.17, 15) is 50.4 Å². The number of carboxylic acids is 1. The van der Waals surface area contributed by atoms with Crippen LogP contribution in [0.5, 0.6) is 0 Å². The number of fused-ring (bicyclic) bond motifs is 4. The van der Waals surface area contributed by atoms with Gasteiger partial charge in [0.1, 0.15) is 61.0 Å². The van der Waals surface area contributed by atoms with Crippen molar-refractivity contribution in [3.8, 4) is 0 Å². The summed E-state index contributed by atoms with van der Waals surface area (Å²) in [4.78, 5) is 26.3. The maximum atomic E-state index is 14.0. The number of ether oxygens (including phenoxy) is 6. The molecule has 4 aliphatic carbocycles. The van der Waals surface area contributed by atoms with Crippen LogP contribution >= 0.6 is 0 Å². The molecule has 0 spiro atoms. The highest BCUT2D eigenvalue weighted by atomic mass is 16.8.